The van der Waals surface area contributed by atoms with Gasteiger partial charge in [-0.3, -0.25) is 4.79 Å². The summed E-state index contributed by atoms with van der Waals surface area (Å²) in [6, 6.07) is 15.5. The van der Waals surface area contributed by atoms with Crippen LogP contribution in [0.25, 0.3) is 11.3 Å². The average molecular weight is 477 g/mol. The molecule has 2 aromatic carbocycles. The summed E-state index contributed by atoms with van der Waals surface area (Å²) < 4.78 is 16.8. The van der Waals surface area contributed by atoms with Crippen molar-refractivity contribution in [1.82, 2.24) is 15.1 Å². The summed E-state index contributed by atoms with van der Waals surface area (Å²) in [5.74, 6) is 2.97. The van der Waals surface area contributed by atoms with Gasteiger partial charge in [0.15, 0.2) is 11.9 Å². The lowest BCUT2D eigenvalue weighted by molar-refractivity contribution is -0.138. The Morgan fingerprint density at radius 3 is 2.31 bits per heavy atom. The molecule has 1 aliphatic heterocycles. The van der Waals surface area contributed by atoms with Gasteiger partial charge in [0, 0.05) is 31.7 Å². The molecule has 1 fully saturated rings. The first kappa shape index (κ1) is 24.3. The zero-order chi connectivity index (χ0) is 24.9. The van der Waals surface area contributed by atoms with E-state index in [4.69, 9.17) is 14.2 Å². The fourth-order valence-corrected chi connectivity index (χ4v) is 4.14. The topological polar surface area (TPSA) is 77.0 Å². The molecule has 1 aromatic heterocycles. The third kappa shape index (κ3) is 5.48. The molecule has 2 heterocycles. The van der Waals surface area contributed by atoms with Crippen molar-refractivity contribution < 1.29 is 19.0 Å². The number of carbonyl (C=O) groups is 1. The SMILES string of the molecule is COc1ccc(OC)c(-c2ccc(N3CCN(C(=O)C(C)Oc4cc(C)ccc4C)CC3)nn2)c1. The van der Waals surface area contributed by atoms with Crippen molar-refractivity contribution in [3.8, 4) is 28.5 Å². The molecule has 1 aliphatic rings. The quantitative estimate of drug-likeness (QED) is 0.512. The normalized spacial score (nSPS) is 14.4. The van der Waals surface area contributed by atoms with Crippen molar-refractivity contribution in [2.45, 2.75) is 26.9 Å². The monoisotopic (exact) mass is 476 g/mol. The number of hydrogen-bond donors (Lipinski definition) is 0. The number of rotatable bonds is 7. The van der Waals surface area contributed by atoms with Gasteiger partial charge in [-0.1, -0.05) is 12.1 Å². The van der Waals surface area contributed by atoms with E-state index in [1.165, 1.54) is 0 Å². The standard InChI is InChI=1S/C27H32N4O4/c1-18-6-7-19(2)25(16-18)35-20(3)27(32)31-14-12-30(13-15-31)26-11-9-23(28-29-26)22-17-21(33-4)8-10-24(22)34-5/h6-11,16-17,20H,12-15H2,1-5H3. The van der Waals surface area contributed by atoms with Gasteiger partial charge in [0.05, 0.1) is 19.9 Å². The maximum Gasteiger partial charge on any atom is 0.263 e. The number of nitrogens with zero attached hydrogens (tertiary/aromatic N) is 4. The van der Waals surface area contributed by atoms with E-state index in [2.05, 4.69) is 15.1 Å². The second kappa shape index (κ2) is 10.6. The highest BCUT2D eigenvalue weighted by molar-refractivity contribution is 5.81. The van der Waals surface area contributed by atoms with Gasteiger partial charge in [0.25, 0.3) is 5.91 Å². The summed E-state index contributed by atoms with van der Waals surface area (Å²) in [5, 5.41) is 8.86. The molecule has 8 heteroatoms. The second-order valence-corrected chi connectivity index (χ2v) is 8.68. The number of aromatic nitrogens is 2. The molecule has 0 spiro atoms. The Bertz CT molecular complexity index is 1170. The molecule has 4 rings (SSSR count). The van der Waals surface area contributed by atoms with Gasteiger partial charge in [0.1, 0.15) is 17.2 Å². The van der Waals surface area contributed by atoms with Gasteiger partial charge in [0.2, 0.25) is 0 Å². The summed E-state index contributed by atoms with van der Waals surface area (Å²) in [5.41, 5.74) is 3.65. The van der Waals surface area contributed by atoms with E-state index in [0.29, 0.717) is 37.6 Å². The van der Waals surface area contributed by atoms with Crippen molar-refractivity contribution >= 4 is 11.7 Å². The molecule has 1 amide bonds. The number of ether oxygens (including phenoxy) is 3. The zero-order valence-electron chi connectivity index (χ0n) is 20.9. The van der Waals surface area contributed by atoms with Crippen LogP contribution in [-0.4, -0.2) is 67.5 Å². The van der Waals surface area contributed by atoms with Crippen LogP contribution in [0.15, 0.2) is 48.5 Å². The first-order valence-electron chi connectivity index (χ1n) is 11.7. The number of carbonyl (C=O) groups excluding carboxylic acids is 1. The number of benzene rings is 2. The lowest BCUT2D eigenvalue weighted by atomic mass is 10.1. The van der Waals surface area contributed by atoms with E-state index in [0.717, 1.165) is 34.0 Å². The molecule has 1 saturated heterocycles. The van der Waals surface area contributed by atoms with Gasteiger partial charge in [-0.15, -0.1) is 10.2 Å². The van der Waals surface area contributed by atoms with Crippen LogP contribution >= 0.6 is 0 Å². The Balaban J connectivity index is 1.37. The molecule has 1 atom stereocenters. The van der Waals surface area contributed by atoms with Crippen LogP contribution < -0.4 is 19.1 Å². The molecule has 0 aliphatic carbocycles. The lowest BCUT2D eigenvalue weighted by Gasteiger charge is -2.36. The van der Waals surface area contributed by atoms with E-state index in [1.807, 2.05) is 74.2 Å². The van der Waals surface area contributed by atoms with E-state index >= 15 is 0 Å². The van der Waals surface area contributed by atoms with E-state index in [-0.39, 0.29) is 5.91 Å². The number of aryl methyl sites for hydroxylation is 2. The maximum absolute atomic E-state index is 13.0. The molecule has 1 unspecified atom stereocenters. The first-order valence-corrected chi connectivity index (χ1v) is 11.7. The molecule has 0 radical (unpaired) electrons. The molecule has 3 aromatic rings. The van der Waals surface area contributed by atoms with Crippen molar-refractivity contribution in [2.75, 3.05) is 45.3 Å². The third-order valence-corrected chi connectivity index (χ3v) is 6.24. The number of hydrogen-bond acceptors (Lipinski definition) is 7. The number of methoxy groups -OCH3 is 2. The number of piperazine rings is 1. The van der Waals surface area contributed by atoms with Crippen LogP contribution in [0.2, 0.25) is 0 Å². The fourth-order valence-electron chi connectivity index (χ4n) is 4.14. The molecule has 8 nitrogen and oxygen atoms in total. The predicted molar refractivity (Wildman–Crippen MR) is 135 cm³/mol. The minimum atomic E-state index is -0.543. The van der Waals surface area contributed by atoms with E-state index in [9.17, 15) is 4.79 Å². The van der Waals surface area contributed by atoms with Gasteiger partial charge < -0.3 is 24.0 Å². The highest BCUT2D eigenvalue weighted by Gasteiger charge is 2.27. The minimum absolute atomic E-state index is 0.00268. The van der Waals surface area contributed by atoms with Crippen LogP contribution in [0.1, 0.15) is 18.1 Å². The highest BCUT2D eigenvalue weighted by Crippen LogP contribution is 2.32. The average Bonchev–Trinajstić information content (AvgIpc) is 2.90. The van der Waals surface area contributed by atoms with Gasteiger partial charge in [-0.2, -0.15) is 0 Å². The maximum atomic E-state index is 13.0. The first-order chi connectivity index (χ1) is 16.9. The number of amides is 1. The van der Waals surface area contributed by atoms with Crippen LogP contribution in [0.3, 0.4) is 0 Å². The van der Waals surface area contributed by atoms with Gasteiger partial charge in [-0.25, -0.2) is 0 Å². The molecular formula is C27H32N4O4. The Labute approximate surface area is 206 Å². The lowest BCUT2D eigenvalue weighted by Crippen LogP contribution is -2.52. The van der Waals surface area contributed by atoms with E-state index < -0.39 is 6.10 Å². The minimum Gasteiger partial charge on any atom is -0.497 e. The van der Waals surface area contributed by atoms with Gasteiger partial charge in [-0.05, 0) is 68.3 Å². The van der Waals surface area contributed by atoms with Crippen LogP contribution in [-0.2, 0) is 4.79 Å². The summed E-state index contributed by atoms with van der Waals surface area (Å²) >= 11 is 0. The Hall–Kier alpha value is -3.81. The second-order valence-electron chi connectivity index (χ2n) is 8.68. The summed E-state index contributed by atoms with van der Waals surface area (Å²) in [4.78, 5) is 17.0. The predicted octanol–water partition coefficient (Wildman–Crippen LogP) is 3.89. The largest absolute Gasteiger partial charge is 0.497 e. The Morgan fingerprint density at radius 2 is 1.66 bits per heavy atom. The summed E-state index contributed by atoms with van der Waals surface area (Å²) in [6.45, 7) is 8.38. The summed E-state index contributed by atoms with van der Waals surface area (Å²) in [6.07, 6.45) is -0.543. The molecule has 184 valence electrons. The molecule has 0 N–H and O–H groups in total. The molecule has 0 bridgehead atoms. The zero-order valence-corrected chi connectivity index (χ0v) is 20.9. The van der Waals surface area contributed by atoms with Crippen molar-refractivity contribution in [3.63, 3.8) is 0 Å². The smallest absolute Gasteiger partial charge is 0.263 e. The van der Waals surface area contributed by atoms with Crippen molar-refractivity contribution in [2.24, 2.45) is 0 Å². The highest BCUT2D eigenvalue weighted by atomic mass is 16.5. The van der Waals surface area contributed by atoms with Crippen molar-refractivity contribution in [1.29, 1.82) is 0 Å². The molecular weight excluding hydrogens is 444 g/mol. The van der Waals surface area contributed by atoms with Crippen molar-refractivity contribution in [3.05, 3.63) is 59.7 Å². The molecule has 0 saturated carbocycles. The van der Waals surface area contributed by atoms with E-state index in [1.54, 1.807) is 14.2 Å². The van der Waals surface area contributed by atoms with Crippen LogP contribution in [0.4, 0.5) is 5.82 Å². The summed E-state index contributed by atoms with van der Waals surface area (Å²) in [7, 11) is 3.25. The van der Waals surface area contributed by atoms with Crippen LogP contribution in [0, 0.1) is 13.8 Å². The Kier molecular flexibility index (Phi) is 7.39. The van der Waals surface area contributed by atoms with Crippen LogP contribution in [0.5, 0.6) is 17.2 Å². The number of anilines is 1. The third-order valence-electron chi connectivity index (χ3n) is 6.24. The fraction of sp³-hybridized carbons (Fsp3) is 0.370. The van der Waals surface area contributed by atoms with Gasteiger partial charge >= 0.3 is 0 Å². The Morgan fingerprint density at radius 1 is 0.886 bits per heavy atom. The molecule has 35 heavy (non-hydrogen) atoms.